The molecule has 0 bridgehead atoms. The maximum atomic E-state index is 12.1. The Morgan fingerprint density at radius 2 is 1.94 bits per heavy atom. The van der Waals surface area contributed by atoms with Crippen molar-refractivity contribution in [3.8, 4) is 0 Å². The van der Waals surface area contributed by atoms with Gasteiger partial charge in [-0.2, -0.15) is 0 Å². The maximum Gasteiger partial charge on any atom is 0.411 e. The molecule has 0 aromatic heterocycles. The van der Waals surface area contributed by atoms with E-state index < -0.39 is 29.2 Å². The molecule has 0 saturated carbocycles. The molecule has 1 aliphatic heterocycles. The molecule has 0 unspecified atom stereocenters. The summed E-state index contributed by atoms with van der Waals surface area (Å²) in [5.74, 6) is -1.09. The van der Waals surface area contributed by atoms with Gasteiger partial charge in [0, 0.05) is 0 Å². The Morgan fingerprint density at radius 1 is 1.39 bits per heavy atom. The Balaban J connectivity index is 2.97. The number of carboxylic acids is 1. The van der Waals surface area contributed by atoms with Gasteiger partial charge in [-0.25, -0.2) is 9.59 Å². The highest BCUT2D eigenvalue weighted by molar-refractivity contribution is 5.81. The van der Waals surface area contributed by atoms with E-state index in [1.165, 1.54) is 4.90 Å². The normalized spacial score (nSPS) is 23.6. The van der Waals surface area contributed by atoms with Crippen molar-refractivity contribution in [2.75, 3.05) is 13.2 Å². The lowest BCUT2D eigenvalue weighted by Gasteiger charge is -2.45. The number of hydrogen-bond acceptors (Lipinski definition) is 4. The first kappa shape index (κ1) is 14.8. The van der Waals surface area contributed by atoms with Gasteiger partial charge in [0.1, 0.15) is 5.60 Å². The fraction of sp³-hybridized carbons (Fsp3) is 0.833. The summed E-state index contributed by atoms with van der Waals surface area (Å²) < 4.78 is 10.5. The number of amides is 1. The Labute approximate surface area is 107 Å². The van der Waals surface area contributed by atoms with Crippen molar-refractivity contribution < 1.29 is 24.2 Å². The maximum absolute atomic E-state index is 12.1. The Kier molecular flexibility index (Phi) is 3.90. The summed E-state index contributed by atoms with van der Waals surface area (Å²) in [7, 11) is 0. The summed E-state index contributed by atoms with van der Waals surface area (Å²) in [6.45, 7) is 9.02. The molecule has 1 aliphatic rings. The molecule has 1 rings (SSSR count). The molecule has 0 aromatic rings. The van der Waals surface area contributed by atoms with Crippen LogP contribution in [0.5, 0.6) is 0 Å². The van der Waals surface area contributed by atoms with Crippen LogP contribution in [0.15, 0.2) is 0 Å². The van der Waals surface area contributed by atoms with Crippen LogP contribution in [0.1, 0.15) is 34.6 Å². The van der Waals surface area contributed by atoms with E-state index >= 15 is 0 Å². The first-order valence-electron chi connectivity index (χ1n) is 5.87. The van der Waals surface area contributed by atoms with Gasteiger partial charge >= 0.3 is 12.1 Å². The van der Waals surface area contributed by atoms with Gasteiger partial charge in [-0.05, 0) is 34.6 Å². The minimum atomic E-state index is -1.09. The fourth-order valence-corrected chi connectivity index (χ4v) is 1.85. The summed E-state index contributed by atoms with van der Waals surface area (Å²) in [5.41, 5.74) is -1.36. The van der Waals surface area contributed by atoms with Crippen molar-refractivity contribution >= 4 is 12.1 Å². The molecule has 0 aliphatic carbocycles. The molecule has 1 saturated heterocycles. The van der Waals surface area contributed by atoms with E-state index in [2.05, 4.69) is 0 Å². The number of carbonyl (C=O) groups is 2. The lowest BCUT2D eigenvalue weighted by molar-refractivity contribution is -0.157. The molecular formula is C12H21NO5. The number of aliphatic carboxylic acids is 1. The van der Waals surface area contributed by atoms with Gasteiger partial charge in [-0.15, -0.1) is 0 Å². The average molecular weight is 259 g/mol. The van der Waals surface area contributed by atoms with Crippen LogP contribution in [0.4, 0.5) is 4.79 Å². The molecule has 1 heterocycles. The predicted molar refractivity (Wildman–Crippen MR) is 64.4 cm³/mol. The largest absolute Gasteiger partial charge is 0.480 e. The predicted octanol–water partition coefficient (Wildman–Crippen LogP) is 1.49. The number of morpholine rings is 1. The van der Waals surface area contributed by atoms with Crippen LogP contribution in [-0.4, -0.2) is 52.5 Å². The third kappa shape index (κ3) is 3.35. The molecular weight excluding hydrogens is 238 g/mol. The highest BCUT2D eigenvalue weighted by Gasteiger charge is 2.45. The van der Waals surface area contributed by atoms with Crippen molar-refractivity contribution in [1.82, 2.24) is 4.90 Å². The quantitative estimate of drug-likeness (QED) is 0.772. The monoisotopic (exact) mass is 259 g/mol. The van der Waals surface area contributed by atoms with Crippen molar-refractivity contribution in [2.45, 2.75) is 51.8 Å². The second-order valence-corrected chi connectivity index (χ2v) is 6.03. The van der Waals surface area contributed by atoms with Gasteiger partial charge in [-0.3, -0.25) is 4.90 Å². The zero-order valence-electron chi connectivity index (χ0n) is 11.5. The molecule has 1 atom stereocenters. The van der Waals surface area contributed by atoms with E-state index in [-0.39, 0.29) is 13.2 Å². The average Bonchev–Trinajstić information content (AvgIpc) is 2.12. The van der Waals surface area contributed by atoms with Gasteiger partial charge in [0.15, 0.2) is 6.04 Å². The van der Waals surface area contributed by atoms with E-state index in [1.54, 1.807) is 34.6 Å². The van der Waals surface area contributed by atoms with E-state index in [1.807, 2.05) is 0 Å². The Bertz CT molecular complexity index is 345. The molecule has 0 radical (unpaired) electrons. The first-order chi connectivity index (χ1) is 8.04. The lowest BCUT2D eigenvalue weighted by Crippen LogP contribution is -2.63. The topological polar surface area (TPSA) is 76.1 Å². The van der Waals surface area contributed by atoms with Gasteiger partial charge in [-0.1, -0.05) is 0 Å². The summed E-state index contributed by atoms with van der Waals surface area (Å²) in [6.07, 6.45) is -0.622. The van der Waals surface area contributed by atoms with Gasteiger partial charge in [0.2, 0.25) is 0 Å². The van der Waals surface area contributed by atoms with E-state index in [4.69, 9.17) is 14.6 Å². The van der Waals surface area contributed by atoms with Crippen LogP contribution < -0.4 is 0 Å². The van der Waals surface area contributed by atoms with Gasteiger partial charge in [0.05, 0.1) is 18.8 Å². The standard InChI is InChI=1S/C12H21NO5/c1-11(2,3)18-10(16)13-8(9(14)15)6-17-7-12(13,4)5/h8H,6-7H2,1-5H3,(H,14,15)/t8-/m1/s1. The molecule has 1 N–H and O–H groups in total. The van der Waals surface area contributed by atoms with E-state index in [9.17, 15) is 9.59 Å². The minimum absolute atomic E-state index is 0.0159. The van der Waals surface area contributed by atoms with Crippen LogP contribution >= 0.6 is 0 Å². The van der Waals surface area contributed by atoms with Crippen LogP contribution in [0.25, 0.3) is 0 Å². The zero-order chi connectivity index (χ0) is 14.1. The van der Waals surface area contributed by atoms with Crippen LogP contribution in [0, 0.1) is 0 Å². The van der Waals surface area contributed by atoms with Crippen molar-refractivity contribution in [3.05, 3.63) is 0 Å². The number of ether oxygens (including phenoxy) is 2. The third-order valence-electron chi connectivity index (χ3n) is 2.57. The van der Waals surface area contributed by atoms with Gasteiger partial charge < -0.3 is 14.6 Å². The lowest BCUT2D eigenvalue weighted by atomic mass is 9.99. The molecule has 18 heavy (non-hydrogen) atoms. The van der Waals surface area contributed by atoms with Crippen LogP contribution in [0.3, 0.4) is 0 Å². The van der Waals surface area contributed by atoms with Crippen molar-refractivity contribution in [3.63, 3.8) is 0 Å². The van der Waals surface area contributed by atoms with E-state index in [0.29, 0.717) is 0 Å². The first-order valence-corrected chi connectivity index (χ1v) is 5.87. The number of carbonyl (C=O) groups excluding carboxylic acids is 1. The molecule has 0 spiro atoms. The molecule has 6 heteroatoms. The second kappa shape index (κ2) is 4.76. The summed E-state index contributed by atoms with van der Waals surface area (Å²) in [5, 5.41) is 9.16. The highest BCUT2D eigenvalue weighted by atomic mass is 16.6. The summed E-state index contributed by atoms with van der Waals surface area (Å²) in [4.78, 5) is 24.6. The molecule has 1 amide bonds. The number of carboxylic acid groups (broad SMARTS) is 1. The molecule has 6 nitrogen and oxygen atoms in total. The highest BCUT2D eigenvalue weighted by Crippen LogP contribution is 2.26. The minimum Gasteiger partial charge on any atom is -0.480 e. The Morgan fingerprint density at radius 3 is 2.39 bits per heavy atom. The Hall–Kier alpha value is -1.30. The zero-order valence-corrected chi connectivity index (χ0v) is 11.5. The van der Waals surface area contributed by atoms with Crippen LogP contribution in [0.2, 0.25) is 0 Å². The third-order valence-corrected chi connectivity index (χ3v) is 2.57. The second-order valence-electron chi connectivity index (χ2n) is 6.03. The van der Waals surface area contributed by atoms with Crippen molar-refractivity contribution in [2.24, 2.45) is 0 Å². The van der Waals surface area contributed by atoms with Gasteiger partial charge in [0.25, 0.3) is 0 Å². The SMILES string of the molecule is CC(C)(C)OC(=O)N1[C@@H](C(=O)O)COCC1(C)C. The fourth-order valence-electron chi connectivity index (χ4n) is 1.85. The summed E-state index contributed by atoms with van der Waals surface area (Å²) in [6, 6.07) is -1.01. The molecule has 104 valence electrons. The number of nitrogens with zero attached hydrogens (tertiary/aromatic N) is 1. The molecule has 0 aromatic carbocycles. The summed E-state index contributed by atoms with van der Waals surface area (Å²) >= 11 is 0. The van der Waals surface area contributed by atoms with Crippen LogP contribution in [-0.2, 0) is 14.3 Å². The smallest absolute Gasteiger partial charge is 0.411 e. The number of rotatable bonds is 1. The van der Waals surface area contributed by atoms with Crippen molar-refractivity contribution in [1.29, 1.82) is 0 Å². The molecule has 1 fully saturated rings. The van der Waals surface area contributed by atoms with E-state index in [0.717, 1.165) is 0 Å². The number of hydrogen-bond donors (Lipinski definition) is 1.